The number of ether oxygens (including phenoxy) is 2. The average Bonchev–Trinajstić information content (AvgIpc) is 2.63. The molecule has 0 radical (unpaired) electrons. The molecular weight excluding hydrogens is 333 g/mol. The van der Waals surface area contributed by atoms with Crippen molar-refractivity contribution in [2.24, 2.45) is 5.92 Å². The highest BCUT2D eigenvalue weighted by Gasteiger charge is 2.36. The fourth-order valence-electron chi connectivity index (χ4n) is 3.87. The van der Waals surface area contributed by atoms with Crippen LogP contribution in [0.3, 0.4) is 0 Å². The van der Waals surface area contributed by atoms with E-state index in [2.05, 4.69) is 10.2 Å². The Bertz CT molecular complexity index is 550. The van der Waals surface area contributed by atoms with E-state index in [9.17, 15) is 13.2 Å². The number of alkyl halides is 3. The zero-order valence-corrected chi connectivity index (χ0v) is 14.4. The molecule has 140 valence electrons. The van der Waals surface area contributed by atoms with Crippen LogP contribution >= 0.6 is 0 Å². The molecule has 1 atom stereocenters. The summed E-state index contributed by atoms with van der Waals surface area (Å²) in [6.45, 7) is 4.95. The molecule has 4 nitrogen and oxygen atoms in total. The lowest BCUT2D eigenvalue weighted by molar-refractivity contribution is -0.137. The Morgan fingerprint density at radius 2 is 1.88 bits per heavy atom. The number of methoxy groups -OCH3 is 1. The molecule has 1 N–H and O–H groups in total. The first kappa shape index (κ1) is 18.5. The van der Waals surface area contributed by atoms with Gasteiger partial charge in [-0.3, -0.25) is 4.90 Å². The Balaban J connectivity index is 1.96. The van der Waals surface area contributed by atoms with E-state index in [0.29, 0.717) is 24.9 Å². The van der Waals surface area contributed by atoms with Crippen molar-refractivity contribution in [2.75, 3.05) is 46.5 Å². The minimum absolute atomic E-state index is 0.0585. The Morgan fingerprint density at radius 1 is 1.20 bits per heavy atom. The number of piperazine rings is 1. The first-order chi connectivity index (χ1) is 12.0. The van der Waals surface area contributed by atoms with Gasteiger partial charge in [-0.2, -0.15) is 13.2 Å². The summed E-state index contributed by atoms with van der Waals surface area (Å²) in [5, 5.41) is 3.34. The SMILES string of the molecule is COc1cc(C(F)(F)F)ccc1[C@@H](C1CCOCC1)N1CCNCC1. The van der Waals surface area contributed by atoms with Crippen molar-refractivity contribution in [3.8, 4) is 5.75 Å². The molecule has 0 aliphatic carbocycles. The Kier molecular flexibility index (Phi) is 5.86. The molecule has 0 amide bonds. The quantitative estimate of drug-likeness (QED) is 0.897. The number of halogens is 3. The van der Waals surface area contributed by atoms with Gasteiger partial charge in [0, 0.05) is 51.0 Å². The van der Waals surface area contributed by atoms with E-state index < -0.39 is 11.7 Å². The summed E-state index contributed by atoms with van der Waals surface area (Å²) in [4.78, 5) is 2.37. The Labute approximate surface area is 146 Å². The maximum absolute atomic E-state index is 13.1. The predicted octanol–water partition coefficient (Wildman–Crippen LogP) is 3.09. The molecule has 2 saturated heterocycles. The third kappa shape index (κ3) is 4.27. The van der Waals surface area contributed by atoms with E-state index in [1.165, 1.54) is 13.2 Å². The molecule has 0 spiro atoms. The summed E-state index contributed by atoms with van der Waals surface area (Å²) in [5.74, 6) is 0.683. The number of nitrogens with zero attached hydrogens (tertiary/aromatic N) is 1. The molecule has 2 heterocycles. The van der Waals surface area contributed by atoms with Gasteiger partial charge < -0.3 is 14.8 Å². The van der Waals surface area contributed by atoms with Gasteiger partial charge in [-0.25, -0.2) is 0 Å². The minimum Gasteiger partial charge on any atom is -0.496 e. The molecule has 1 aromatic rings. The molecular formula is C18H25F3N2O2. The molecule has 1 aromatic carbocycles. The normalized spacial score (nSPS) is 21.9. The van der Waals surface area contributed by atoms with Crippen LogP contribution < -0.4 is 10.1 Å². The van der Waals surface area contributed by atoms with Crippen LogP contribution in [0.2, 0.25) is 0 Å². The van der Waals surface area contributed by atoms with Crippen molar-refractivity contribution in [1.29, 1.82) is 0 Å². The van der Waals surface area contributed by atoms with E-state index >= 15 is 0 Å². The van der Waals surface area contributed by atoms with Crippen molar-refractivity contribution >= 4 is 0 Å². The van der Waals surface area contributed by atoms with E-state index in [1.807, 2.05) is 0 Å². The van der Waals surface area contributed by atoms with Gasteiger partial charge in [0.1, 0.15) is 5.75 Å². The molecule has 0 saturated carbocycles. The molecule has 0 unspecified atom stereocenters. The zero-order chi connectivity index (χ0) is 17.9. The van der Waals surface area contributed by atoms with E-state index in [0.717, 1.165) is 50.7 Å². The van der Waals surface area contributed by atoms with Crippen LogP contribution in [0.1, 0.15) is 30.0 Å². The Morgan fingerprint density at radius 3 is 2.48 bits per heavy atom. The standard InChI is InChI=1S/C18H25F3N2O2/c1-24-16-12-14(18(19,20)21)2-3-15(16)17(13-4-10-25-11-5-13)23-8-6-22-7-9-23/h2-3,12-13,17,22H,4-11H2,1H3/t17-/m1/s1. The first-order valence-corrected chi connectivity index (χ1v) is 8.78. The van der Waals surface area contributed by atoms with Crippen molar-refractivity contribution in [2.45, 2.75) is 25.1 Å². The lowest BCUT2D eigenvalue weighted by Crippen LogP contribution is -2.47. The second-order valence-corrected chi connectivity index (χ2v) is 6.64. The number of hydrogen-bond donors (Lipinski definition) is 1. The second-order valence-electron chi connectivity index (χ2n) is 6.64. The maximum atomic E-state index is 13.1. The summed E-state index contributed by atoms with van der Waals surface area (Å²) < 4.78 is 50.0. The van der Waals surface area contributed by atoms with Crippen molar-refractivity contribution < 1.29 is 22.6 Å². The number of benzene rings is 1. The largest absolute Gasteiger partial charge is 0.496 e. The number of rotatable bonds is 4. The summed E-state index contributed by atoms with van der Waals surface area (Å²) in [6.07, 6.45) is -2.54. The van der Waals surface area contributed by atoms with Gasteiger partial charge in [0.05, 0.1) is 12.7 Å². The number of hydrogen-bond acceptors (Lipinski definition) is 4. The highest BCUT2D eigenvalue weighted by molar-refractivity contribution is 5.41. The van der Waals surface area contributed by atoms with Crippen molar-refractivity contribution in [1.82, 2.24) is 10.2 Å². The first-order valence-electron chi connectivity index (χ1n) is 8.78. The highest BCUT2D eigenvalue weighted by atomic mass is 19.4. The lowest BCUT2D eigenvalue weighted by Gasteiger charge is -2.41. The van der Waals surface area contributed by atoms with Gasteiger partial charge in [-0.1, -0.05) is 6.07 Å². The fourth-order valence-corrected chi connectivity index (χ4v) is 3.87. The third-order valence-electron chi connectivity index (χ3n) is 5.14. The van der Waals surface area contributed by atoms with Gasteiger partial charge in [0.15, 0.2) is 0 Å². The molecule has 2 aliphatic heterocycles. The average molecular weight is 358 g/mol. The summed E-state index contributed by atoms with van der Waals surface area (Å²) >= 11 is 0. The molecule has 2 aliphatic rings. The molecule has 7 heteroatoms. The van der Waals surface area contributed by atoms with Crippen molar-refractivity contribution in [3.05, 3.63) is 29.3 Å². The van der Waals surface area contributed by atoms with Crippen LogP contribution in [-0.2, 0) is 10.9 Å². The van der Waals surface area contributed by atoms with E-state index in [1.54, 1.807) is 6.07 Å². The van der Waals surface area contributed by atoms with Crippen LogP contribution in [0.25, 0.3) is 0 Å². The number of nitrogens with one attached hydrogen (secondary N) is 1. The van der Waals surface area contributed by atoms with Gasteiger partial charge in [0.25, 0.3) is 0 Å². The molecule has 0 aromatic heterocycles. The molecule has 3 rings (SSSR count). The van der Waals surface area contributed by atoms with Gasteiger partial charge >= 0.3 is 6.18 Å². The van der Waals surface area contributed by atoms with Crippen LogP contribution in [0, 0.1) is 5.92 Å². The van der Waals surface area contributed by atoms with Gasteiger partial charge in [-0.05, 0) is 30.9 Å². The predicted molar refractivity (Wildman–Crippen MR) is 88.7 cm³/mol. The smallest absolute Gasteiger partial charge is 0.416 e. The van der Waals surface area contributed by atoms with Crippen molar-refractivity contribution in [3.63, 3.8) is 0 Å². The second kappa shape index (κ2) is 7.93. The van der Waals surface area contributed by atoms with Crippen LogP contribution in [0.4, 0.5) is 13.2 Å². The Hall–Kier alpha value is -1.31. The van der Waals surface area contributed by atoms with E-state index in [-0.39, 0.29) is 6.04 Å². The molecule has 25 heavy (non-hydrogen) atoms. The summed E-state index contributed by atoms with van der Waals surface area (Å²) in [6, 6.07) is 3.96. The zero-order valence-electron chi connectivity index (χ0n) is 14.4. The maximum Gasteiger partial charge on any atom is 0.416 e. The minimum atomic E-state index is -4.37. The molecule has 2 fully saturated rings. The van der Waals surface area contributed by atoms with Crippen LogP contribution in [-0.4, -0.2) is 51.4 Å². The van der Waals surface area contributed by atoms with Crippen LogP contribution in [0.15, 0.2) is 18.2 Å². The van der Waals surface area contributed by atoms with E-state index in [4.69, 9.17) is 9.47 Å². The summed E-state index contributed by atoms with van der Waals surface area (Å²) in [5.41, 5.74) is 0.184. The van der Waals surface area contributed by atoms with Gasteiger partial charge in [-0.15, -0.1) is 0 Å². The molecule has 0 bridgehead atoms. The highest BCUT2D eigenvalue weighted by Crippen LogP contribution is 2.41. The lowest BCUT2D eigenvalue weighted by atomic mass is 9.84. The summed E-state index contributed by atoms with van der Waals surface area (Å²) in [7, 11) is 1.44. The fraction of sp³-hybridized carbons (Fsp3) is 0.667. The monoisotopic (exact) mass is 358 g/mol. The topological polar surface area (TPSA) is 33.7 Å². The van der Waals surface area contributed by atoms with Gasteiger partial charge in [0.2, 0.25) is 0 Å². The third-order valence-corrected chi connectivity index (χ3v) is 5.14. The van der Waals surface area contributed by atoms with Crippen LogP contribution in [0.5, 0.6) is 5.75 Å².